The van der Waals surface area contributed by atoms with E-state index in [1.54, 1.807) is 12.1 Å². The SMILES string of the molecule is CC(N)CCNC(=O)C(Oc1ccc(F)cc1Cl)c1ccccc1.Cl. The zero-order chi connectivity index (χ0) is 17.5. The van der Waals surface area contributed by atoms with Gasteiger partial charge in [0.2, 0.25) is 6.10 Å². The molecule has 2 unspecified atom stereocenters. The lowest BCUT2D eigenvalue weighted by atomic mass is 10.1. The molecule has 0 aromatic heterocycles. The molecule has 0 fully saturated rings. The zero-order valence-electron chi connectivity index (χ0n) is 13.7. The van der Waals surface area contributed by atoms with Crippen LogP contribution >= 0.6 is 24.0 Å². The highest BCUT2D eigenvalue weighted by Crippen LogP contribution is 2.30. The van der Waals surface area contributed by atoms with Crippen molar-refractivity contribution in [3.05, 3.63) is 64.9 Å². The summed E-state index contributed by atoms with van der Waals surface area (Å²) >= 11 is 6.00. The van der Waals surface area contributed by atoms with Crippen molar-refractivity contribution in [3.8, 4) is 5.75 Å². The van der Waals surface area contributed by atoms with Gasteiger partial charge in [-0.3, -0.25) is 4.79 Å². The van der Waals surface area contributed by atoms with Gasteiger partial charge in [-0.15, -0.1) is 12.4 Å². The molecule has 1 amide bonds. The van der Waals surface area contributed by atoms with Crippen LogP contribution in [0.4, 0.5) is 4.39 Å². The van der Waals surface area contributed by atoms with Gasteiger partial charge < -0.3 is 15.8 Å². The Morgan fingerprint density at radius 2 is 1.96 bits per heavy atom. The molecule has 0 aliphatic rings. The Kier molecular flexibility index (Phi) is 8.69. The standard InChI is InChI=1S/C18H20ClFN2O2.ClH/c1-12(21)9-10-22-18(23)17(13-5-3-2-4-6-13)24-16-8-7-14(20)11-15(16)19;/h2-8,11-12,17H,9-10,21H2,1H3,(H,22,23);1H. The van der Waals surface area contributed by atoms with E-state index in [-0.39, 0.29) is 35.1 Å². The summed E-state index contributed by atoms with van der Waals surface area (Å²) < 4.78 is 18.9. The largest absolute Gasteiger partial charge is 0.474 e. The molecule has 7 heteroatoms. The quantitative estimate of drug-likeness (QED) is 0.758. The molecular formula is C18H21Cl2FN2O2. The van der Waals surface area contributed by atoms with Crippen LogP contribution < -0.4 is 15.8 Å². The van der Waals surface area contributed by atoms with E-state index in [1.807, 2.05) is 25.1 Å². The lowest BCUT2D eigenvalue weighted by Gasteiger charge is -2.20. The second kappa shape index (κ2) is 10.2. The second-order valence-corrected chi connectivity index (χ2v) is 5.95. The number of ether oxygens (including phenoxy) is 1. The zero-order valence-corrected chi connectivity index (χ0v) is 15.3. The van der Waals surface area contributed by atoms with Gasteiger partial charge in [-0.25, -0.2) is 4.39 Å². The van der Waals surface area contributed by atoms with Crippen molar-refractivity contribution in [3.63, 3.8) is 0 Å². The number of amides is 1. The maximum Gasteiger partial charge on any atom is 0.265 e. The van der Waals surface area contributed by atoms with Crippen LogP contribution in [0.15, 0.2) is 48.5 Å². The summed E-state index contributed by atoms with van der Waals surface area (Å²) in [4.78, 5) is 12.5. The first-order valence-corrected chi connectivity index (χ1v) is 8.05. The van der Waals surface area contributed by atoms with Gasteiger partial charge in [0.1, 0.15) is 11.6 Å². The average molecular weight is 387 g/mol. The van der Waals surface area contributed by atoms with Gasteiger partial charge in [0.05, 0.1) is 5.02 Å². The van der Waals surface area contributed by atoms with Crippen molar-refractivity contribution in [1.29, 1.82) is 0 Å². The molecule has 2 aromatic rings. The molecule has 0 saturated carbocycles. The van der Waals surface area contributed by atoms with Gasteiger partial charge in [0, 0.05) is 18.2 Å². The van der Waals surface area contributed by atoms with E-state index in [2.05, 4.69) is 5.32 Å². The number of halogens is 3. The van der Waals surface area contributed by atoms with Crippen LogP contribution in [0.5, 0.6) is 5.75 Å². The fraction of sp³-hybridized carbons (Fsp3) is 0.278. The summed E-state index contributed by atoms with van der Waals surface area (Å²) in [7, 11) is 0. The summed E-state index contributed by atoms with van der Waals surface area (Å²) in [6.07, 6.45) is -0.230. The van der Waals surface area contributed by atoms with Crippen LogP contribution in [-0.4, -0.2) is 18.5 Å². The summed E-state index contributed by atoms with van der Waals surface area (Å²) in [6, 6.07) is 12.8. The fourth-order valence-electron chi connectivity index (χ4n) is 2.11. The minimum absolute atomic E-state index is 0. The molecule has 0 spiro atoms. The van der Waals surface area contributed by atoms with Crippen molar-refractivity contribution in [2.24, 2.45) is 5.73 Å². The third kappa shape index (κ3) is 6.53. The van der Waals surface area contributed by atoms with Crippen molar-refractivity contribution in [2.45, 2.75) is 25.5 Å². The molecule has 0 aliphatic heterocycles. The molecule has 3 N–H and O–H groups in total. The summed E-state index contributed by atoms with van der Waals surface area (Å²) in [5.41, 5.74) is 6.36. The molecule has 136 valence electrons. The highest BCUT2D eigenvalue weighted by molar-refractivity contribution is 6.32. The molecule has 0 bridgehead atoms. The van der Waals surface area contributed by atoms with E-state index in [0.717, 1.165) is 6.07 Å². The number of nitrogens with two attached hydrogens (primary N) is 1. The number of hydrogen-bond acceptors (Lipinski definition) is 3. The Balaban J connectivity index is 0.00000312. The first kappa shape index (κ1) is 21.2. The predicted molar refractivity (Wildman–Crippen MR) is 99.7 cm³/mol. The molecule has 2 aromatic carbocycles. The molecule has 4 nitrogen and oxygen atoms in total. The smallest absolute Gasteiger partial charge is 0.265 e. The molecule has 0 saturated heterocycles. The van der Waals surface area contributed by atoms with Crippen LogP contribution in [0.3, 0.4) is 0 Å². The number of hydrogen-bond donors (Lipinski definition) is 2. The first-order chi connectivity index (χ1) is 11.5. The monoisotopic (exact) mass is 386 g/mol. The van der Waals surface area contributed by atoms with E-state index >= 15 is 0 Å². The van der Waals surface area contributed by atoms with Crippen molar-refractivity contribution in [1.82, 2.24) is 5.32 Å². The van der Waals surface area contributed by atoms with Crippen LogP contribution in [-0.2, 0) is 4.79 Å². The van der Waals surface area contributed by atoms with Crippen LogP contribution in [0.2, 0.25) is 5.02 Å². The number of rotatable bonds is 7. The van der Waals surface area contributed by atoms with Gasteiger partial charge in [-0.2, -0.15) is 0 Å². The van der Waals surface area contributed by atoms with Crippen molar-refractivity contribution >= 4 is 29.9 Å². The van der Waals surface area contributed by atoms with Gasteiger partial charge >= 0.3 is 0 Å². The minimum atomic E-state index is -0.887. The van der Waals surface area contributed by atoms with Crippen molar-refractivity contribution in [2.75, 3.05) is 6.54 Å². The molecule has 0 radical (unpaired) electrons. The predicted octanol–water partition coefficient (Wildman–Crippen LogP) is 3.87. The van der Waals surface area contributed by atoms with Crippen molar-refractivity contribution < 1.29 is 13.9 Å². The highest BCUT2D eigenvalue weighted by Gasteiger charge is 2.23. The molecule has 2 atom stereocenters. The van der Waals surface area contributed by atoms with Crippen LogP contribution in [0, 0.1) is 5.82 Å². The number of carbonyl (C=O) groups excluding carboxylic acids is 1. The maximum atomic E-state index is 13.2. The second-order valence-electron chi connectivity index (χ2n) is 5.54. The normalized spacial score (nSPS) is 12.6. The molecular weight excluding hydrogens is 366 g/mol. The number of carbonyl (C=O) groups is 1. The molecule has 0 heterocycles. The van der Waals surface area contributed by atoms with E-state index in [0.29, 0.717) is 18.5 Å². The Hall–Kier alpha value is -1.82. The topological polar surface area (TPSA) is 64.3 Å². The number of benzene rings is 2. The van der Waals surface area contributed by atoms with E-state index in [4.69, 9.17) is 22.1 Å². The van der Waals surface area contributed by atoms with E-state index < -0.39 is 11.9 Å². The molecule has 0 aliphatic carbocycles. The summed E-state index contributed by atoms with van der Waals surface area (Å²) in [6.45, 7) is 2.32. The van der Waals surface area contributed by atoms with E-state index in [9.17, 15) is 9.18 Å². The summed E-state index contributed by atoms with van der Waals surface area (Å²) in [5, 5.41) is 2.91. The van der Waals surface area contributed by atoms with Crippen LogP contribution in [0.25, 0.3) is 0 Å². The Labute approximate surface area is 157 Å². The summed E-state index contributed by atoms with van der Waals surface area (Å²) in [5.74, 6) is -0.526. The third-order valence-corrected chi connectivity index (χ3v) is 3.67. The fourth-order valence-corrected chi connectivity index (χ4v) is 2.33. The highest BCUT2D eigenvalue weighted by atomic mass is 35.5. The van der Waals surface area contributed by atoms with Gasteiger partial charge in [-0.05, 0) is 31.5 Å². The molecule has 25 heavy (non-hydrogen) atoms. The van der Waals surface area contributed by atoms with E-state index in [1.165, 1.54) is 12.1 Å². The minimum Gasteiger partial charge on any atom is -0.474 e. The molecule has 2 rings (SSSR count). The first-order valence-electron chi connectivity index (χ1n) is 7.67. The lowest BCUT2D eigenvalue weighted by Crippen LogP contribution is -2.35. The third-order valence-electron chi connectivity index (χ3n) is 3.38. The average Bonchev–Trinajstić information content (AvgIpc) is 2.54. The Bertz CT molecular complexity index is 684. The van der Waals surface area contributed by atoms with Gasteiger partial charge in [-0.1, -0.05) is 41.9 Å². The van der Waals surface area contributed by atoms with Gasteiger partial charge in [0.15, 0.2) is 0 Å². The van der Waals surface area contributed by atoms with Gasteiger partial charge in [0.25, 0.3) is 5.91 Å². The number of nitrogens with one attached hydrogen (secondary N) is 1. The van der Waals surface area contributed by atoms with Crippen LogP contribution in [0.1, 0.15) is 25.0 Å². The lowest BCUT2D eigenvalue weighted by molar-refractivity contribution is -0.128. The Morgan fingerprint density at radius 3 is 2.56 bits per heavy atom. The Morgan fingerprint density at radius 1 is 1.28 bits per heavy atom. The maximum absolute atomic E-state index is 13.2.